The topological polar surface area (TPSA) is 84.7 Å². The molecule has 7 heteroatoms. The molecule has 7 nitrogen and oxygen atoms in total. The summed E-state index contributed by atoms with van der Waals surface area (Å²) < 4.78 is 6.77. The lowest BCUT2D eigenvalue weighted by atomic mass is 10.2. The molecule has 1 aromatic heterocycles. The number of aromatic nitrogens is 2. The average Bonchev–Trinajstić information content (AvgIpc) is 2.95. The number of carbonyl (C=O) groups is 2. The van der Waals surface area contributed by atoms with Crippen molar-refractivity contribution in [3.63, 3.8) is 0 Å². The standard InChI is InChI=1S/C13H19N3O4/c1-13(2,3)20-12(19)15-7-5-9(8-15)16-10(11(17)18)4-6-14-16/h4,6,9H,5,7-8H2,1-3H3,(H,17,18)/t9-/m1/s1. The van der Waals surface area contributed by atoms with E-state index < -0.39 is 11.6 Å². The number of carboxylic acid groups (broad SMARTS) is 1. The van der Waals surface area contributed by atoms with Gasteiger partial charge in [-0.15, -0.1) is 0 Å². The van der Waals surface area contributed by atoms with Crippen LogP contribution < -0.4 is 0 Å². The van der Waals surface area contributed by atoms with Gasteiger partial charge in [-0.2, -0.15) is 5.10 Å². The summed E-state index contributed by atoms with van der Waals surface area (Å²) in [4.78, 5) is 24.6. The van der Waals surface area contributed by atoms with Crippen LogP contribution in [0.25, 0.3) is 0 Å². The van der Waals surface area contributed by atoms with Gasteiger partial charge in [0.1, 0.15) is 11.3 Å². The molecule has 20 heavy (non-hydrogen) atoms. The van der Waals surface area contributed by atoms with Crippen LogP contribution >= 0.6 is 0 Å². The maximum atomic E-state index is 12.0. The second-order valence-electron chi connectivity index (χ2n) is 5.84. The molecule has 110 valence electrons. The first kappa shape index (κ1) is 14.4. The van der Waals surface area contributed by atoms with Gasteiger partial charge in [-0.05, 0) is 33.3 Å². The molecule has 0 saturated carbocycles. The van der Waals surface area contributed by atoms with Gasteiger partial charge in [0.25, 0.3) is 0 Å². The summed E-state index contributed by atoms with van der Waals surface area (Å²) in [6.45, 7) is 6.40. The summed E-state index contributed by atoms with van der Waals surface area (Å²) in [5.41, 5.74) is -0.395. The Kier molecular flexibility index (Phi) is 3.69. The maximum absolute atomic E-state index is 12.0. The van der Waals surface area contributed by atoms with E-state index in [0.717, 1.165) is 0 Å². The summed E-state index contributed by atoms with van der Waals surface area (Å²) in [5.74, 6) is -1.02. The summed E-state index contributed by atoms with van der Waals surface area (Å²) in [6.07, 6.45) is 1.75. The van der Waals surface area contributed by atoms with E-state index >= 15 is 0 Å². The van der Waals surface area contributed by atoms with E-state index in [-0.39, 0.29) is 17.8 Å². The zero-order valence-electron chi connectivity index (χ0n) is 11.9. The number of ether oxygens (including phenoxy) is 1. The van der Waals surface area contributed by atoms with Crippen molar-refractivity contribution in [3.8, 4) is 0 Å². The summed E-state index contributed by atoms with van der Waals surface area (Å²) in [5, 5.41) is 13.1. The fourth-order valence-electron chi connectivity index (χ4n) is 2.21. The second kappa shape index (κ2) is 5.15. The van der Waals surface area contributed by atoms with Crippen molar-refractivity contribution < 1.29 is 19.4 Å². The van der Waals surface area contributed by atoms with Crippen molar-refractivity contribution in [2.24, 2.45) is 0 Å². The molecule has 2 rings (SSSR count). The SMILES string of the molecule is CC(C)(C)OC(=O)N1CC[C@@H](n2nccc2C(=O)O)C1. The molecule has 1 N–H and O–H groups in total. The smallest absolute Gasteiger partial charge is 0.410 e. The molecule has 1 fully saturated rings. The molecule has 1 aliphatic rings. The number of hydrogen-bond donors (Lipinski definition) is 1. The highest BCUT2D eigenvalue weighted by molar-refractivity contribution is 5.85. The maximum Gasteiger partial charge on any atom is 0.410 e. The van der Waals surface area contributed by atoms with E-state index in [2.05, 4.69) is 5.10 Å². The van der Waals surface area contributed by atoms with Gasteiger partial charge in [-0.25, -0.2) is 9.59 Å². The minimum Gasteiger partial charge on any atom is -0.477 e. The first-order chi connectivity index (χ1) is 9.28. The molecule has 0 bridgehead atoms. The number of carboxylic acids is 1. The largest absolute Gasteiger partial charge is 0.477 e. The summed E-state index contributed by atoms with van der Waals surface area (Å²) in [6, 6.07) is 1.34. The minimum absolute atomic E-state index is 0.122. The molecule has 1 atom stereocenters. The van der Waals surface area contributed by atoms with Gasteiger partial charge in [0, 0.05) is 19.3 Å². The molecule has 0 radical (unpaired) electrons. The molecule has 0 aliphatic carbocycles. The van der Waals surface area contributed by atoms with E-state index in [9.17, 15) is 9.59 Å². The number of rotatable bonds is 2. The molecule has 0 spiro atoms. The zero-order valence-corrected chi connectivity index (χ0v) is 11.9. The minimum atomic E-state index is -1.02. The van der Waals surface area contributed by atoms with Crippen molar-refractivity contribution >= 4 is 12.1 Å². The Bertz CT molecular complexity index is 518. The van der Waals surface area contributed by atoms with Gasteiger partial charge >= 0.3 is 12.1 Å². The zero-order chi connectivity index (χ0) is 14.9. The highest BCUT2D eigenvalue weighted by Gasteiger charge is 2.32. The highest BCUT2D eigenvalue weighted by atomic mass is 16.6. The molecular formula is C13H19N3O4. The summed E-state index contributed by atoms with van der Waals surface area (Å²) >= 11 is 0. The first-order valence-electron chi connectivity index (χ1n) is 6.52. The van der Waals surface area contributed by atoms with Crippen LogP contribution in [-0.4, -0.2) is 50.5 Å². The average molecular weight is 281 g/mol. The van der Waals surface area contributed by atoms with E-state index in [4.69, 9.17) is 9.84 Å². The number of aromatic carboxylic acids is 1. The van der Waals surface area contributed by atoms with Crippen molar-refractivity contribution in [3.05, 3.63) is 18.0 Å². The number of carbonyl (C=O) groups excluding carboxylic acids is 1. The Labute approximate surface area is 117 Å². The van der Waals surface area contributed by atoms with E-state index in [1.54, 1.807) is 4.90 Å². The molecule has 1 amide bonds. The van der Waals surface area contributed by atoms with Crippen LogP contribution in [0.15, 0.2) is 12.3 Å². The number of amides is 1. The van der Waals surface area contributed by atoms with Gasteiger partial charge in [-0.1, -0.05) is 0 Å². The van der Waals surface area contributed by atoms with Crippen LogP contribution in [0.2, 0.25) is 0 Å². The van der Waals surface area contributed by atoms with Crippen LogP contribution in [0, 0.1) is 0 Å². The van der Waals surface area contributed by atoms with Crippen molar-refractivity contribution in [1.82, 2.24) is 14.7 Å². The monoisotopic (exact) mass is 281 g/mol. The molecule has 1 aliphatic heterocycles. The lowest BCUT2D eigenvalue weighted by Gasteiger charge is -2.24. The quantitative estimate of drug-likeness (QED) is 0.893. The van der Waals surface area contributed by atoms with Crippen LogP contribution in [0.5, 0.6) is 0 Å². The molecule has 0 unspecified atom stereocenters. The first-order valence-corrected chi connectivity index (χ1v) is 6.52. The third-order valence-corrected chi connectivity index (χ3v) is 3.05. The Balaban J connectivity index is 2.04. The summed E-state index contributed by atoms with van der Waals surface area (Å²) in [7, 11) is 0. The Hall–Kier alpha value is -2.05. The molecule has 1 aromatic rings. The van der Waals surface area contributed by atoms with Gasteiger partial charge in [0.15, 0.2) is 0 Å². The molecule has 2 heterocycles. The van der Waals surface area contributed by atoms with Gasteiger partial charge in [0.05, 0.1) is 6.04 Å². The third kappa shape index (κ3) is 3.09. The predicted molar refractivity (Wildman–Crippen MR) is 70.6 cm³/mol. The number of nitrogens with zero attached hydrogens (tertiary/aromatic N) is 3. The molecule has 0 aromatic carbocycles. The van der Waals surface area contributed by atoms with E-state index in [1.807, 2.05) is 20.8 Å². The lowest BCUT2D eigenvalue weighted by Crippen LogP contribution is -2.35. The second-order valence-corrected chi connectivity index (χ2v) is 5.84. The third-order valence-electron chi connectivity index (χ3n) is 3.05. The number of likely N-dealkylation sites (tertiary alicyclic amines) is 1. The van der Waals surface area contributed by atoms with Crippen LogP contribution in [0.1, 0.15) is 43.7 Å². The van der Waals surface area contributed by atoms with Crippen LogP contribution in [0.3, 0.4) is 0 Å². The Morgan fingerprint density at radius 3 is 2.75 bits per heavy atom. The van der Waals surface area contributed by atoms with Gasteiger partial charge in [-0.3, -0.25) is 4.68 Å². The lowest BCUT2D eigenvalue weighted by molar-refractivity contribution is 0.0288. The Morgan fingerprint density at radius 2 is 2.15 bits per heavy atom. The van der Waals surface area contributed by atoms with Crippen LogP contribution in [0.4, 0.5) is 4.79 Å². The normalized spacial score (nSPS) is 19.1. The highest BCUT2D eigenvalue weighted by Crippen LogP contribution is 2.24. The van der Waals surface area contributed by atoms with Gasteiger partial charge < -0.3 is 14.7 Å². The van der Waals surface area contributed by atoms with E-state index in [1.165, 1.54) is 16.9 Å². The van der Waals surface area contributed by atoms with Crippen molar-refractivity contribution in [2.75, 3.05) is 13.1 Å². The Morgan fingerprint density at radius 1 is 1.45 bits per heavy atom. The number of hydrogen-bond acceptors (Lipinski definition) is 4. The fourth-order valence-corrected chi connectivity index (χ4v) is 2.21. The molecular weight excluding hydrogens is 262 g/mol. The van der Waals surface area contributed by atoms with E-state index in [0.29, 0.717) is 19.5 Å². The predicted octanol–water partition coefficient (Wildman–Crippen LogP) is 1.76. The fraction of sp³-hybridized carbons (Fsp3) is 0.615. The van der Waals surface area contributed by atoms with Crippen molar-refractivity contribution in [1.29, 1.82) is 0 Å². The molecule has 1 saturated heterocycles. The van der Waals surface area contributed by atoms with Crippen molar-refractivity contribution in [2.45, 2.75) is 38.8 Å². The van der Waals surface area contributed by atoms with Crippen LogP contribution in [-0.2, 0) is 4.74 Å². The van der Waals surface area contributed by atoms with Gasteiger partial charge in [0.2, 0.25) is 0 Å².